The average molecular weight is 340 g/mol. The number of carbonyl (C=O) groups excluding carboxylic acids is 1. The van der Waals surface area contributed by atoms with Crippen LogP contribution < -0.4 is 5.32 Å². The lowest BCUT2D eigenvalue weighted by Crippen LogP contribution is -2.31. The van der Waals surface area contributed by atoms with Gasteiger partial charge in [-0.2, -0.15) is 0 Å². The Balaban J connectivity index is 3.13. The second kappa shape index (κ2) is 16.5. The minimum Gasteiger partial charge on any atom is -0.480 e. The lowest BCUT2D eigenvalue weighted by molar-refractivity contribution is -0.143. The van der Waals surface area contributed by atoms with E-state index in [4.69, 9.17) is 26.2 Å². The molecule has 0 rings (SSSR count). The first kappa shape index (κ1) is 21.1. The summed E-state index contributed by atoms with van der Waals surface area (Å²) in [5.41, 5.74) is 0. The van der Waals surface area contributed by atoms with Crippen molar-refractivity contribution in [1.29, 1.82) is 0 Å². The van der Waals surface area contributed by atoms with Gasteiger partial charge >= 0.3 is 5.97 Å². The van der Waals surface area contributed by atoms with Gasteiger partial charge in [0.1, 0.15) is 13.2 Å². The van der Waals surface area contributed by atoms with Crippen molar-refractivity contribution in [2.45, 2.75) is 25.7 Å². The van der Waals surface area contributed by atoms with E-state index in [1.165, 1.54) is 0 Å². The number of aliphatic carboxylic acids is 1. The molecule has 130 valence electrons. The molecule has 0 saturated heterocycles. The summed E-state index contributed by atoms with van der Waals surface area (Å²) < 4.78 is 15.3. The van der Waals surface area contributed by atoms with E-state index in [9.17, 15) is 9.59 Å². The molecule has 7 nitrogen and oxygen atoms in total. The fourth-order valence-electron chi connectivity index (χ4n) is 1.52. The van der Waals surface area contributed by atoms with E-state index in [2.05, 4.69) is 10.1 Å². The number of carbonyl (C=O) groups is 2. The van der Waals surface area contributed by atoms with Crippen LogP contribution in [0, 0.1) is 0 Å². The first-order chi connectivity index (χ1) is 10.7. The van der Waals surface area contributed by atoms with Crippen molar-refractivity contribution in [2.24, 2.45) is 0 Å². The number of unbranched alkanes of at least 4 members (excludes halogenated alkanes) is 3. The highest BCUT2D eigenvalue weighted by Gasteiger charge is 2.02. The van der Waals surface area contributed by atoms with Crippen molar-refractivity contribution >= 4 is 23.5 Å². The van der Waals surface area contributed by atoms with Crippen molar-refractivity contribution in [2.75, 3.05) is 52.1 Å². The molecule has 0 aromatic rings. The van der Waals surface area contributed by atoms with Crippen molar-refractivity contribution in [1.82, 2.24) is 5.32 Å². The fraction of sp³-hybridized carbons (Fsp3) is 0.857. The lowest BCUT2D eigenvalue weighted by atomic mass is 10.2. The van der Waals surface area contributed by atoms with E-state index < -0.39 is 12.6 Å². The number of rotatable bonds is 16. The highest BCUT2D eigenvalue weighted by molar-refractivity contribution is 6.17. The maximum atomic E-state index is 11.2. The van der Waals surface area contributed by atoms with Gasteiger partial charge in [-0.15, -0.1) is 11.6 Å². The first-order valence-electron chi connectivity index (χ1n) is 7.44. The van der Waals surface area contributed by atoms with Gasteiger partial charge in [-0.05, 0) is 12.8 Å². The van der Waals surface area contributed by atoms with Crippen LogP contribution in [0.1, 0.15) is 25.7 Å². The summed E-state index contributed by atoms with van der Waals surface area (Å²) in [5.74, 6) is -0.745. The Morgan fingerprint density at radius 3 is 2.23 bits per heavy atom. The predicted octanol–water partition coefficient (Wildman–Crippen LogP) is 1.04. The SMILES string of the molecule is O=C(O)COCC(=O)NCCOCCOCCCCCCCl. The molecule has 0 heterocycles. The fourth-order valence-corrected chi connectivity index (χ4v) is 1.71. The maximum Gasteiger partial charge on any atom is 0.329 e. The van der Waals surface area contributed by atoms with Crippen LogP contribution in [-0.4, -0.2) is 69.0 Å². The molecule has 0 aromatic heterocycles. The zero-order valence-corrected chi connectivity index (χ0v) is 13.6. The van der Waals surface area contributed by atoms with Crippen molar-refractivity contribution in [3.05, 3.63) is 0 Å². The topological polar surface area (TPSA) is 94.1 Å². The number of carboxylic acid groups (broad SMARTS) is 1. The molecule has 0 radical (unpaired) electrons. The van der Waals surface area contributed by atoms with E-state index >= 15 is 0 Å². The summed E-state index contributed by atoms with van der Waals surface area (Å²) in [4.78, 5) is 21.3. The van der Waals surface area contributed by atoms with E-state index in [1.54, 1.807) is 0 Å². The van der Waals surface area contributed by atoms with E-state index in [0.717, 1.165) is 38.2 Å². The van der Waals surface area contributed by atoms with Gasteiger partial charge in [0.05, 0.1) is 19.8 Å². The minimum atomic E-state index is -1.10. The molecule has 2 N–H and O–H groups in total. The van der Waals surface area contributed by atoms with Gasteiger partial charge in [0.15, 0.2) is 0 Å². The number of amides is 1. The molecule has 0 fully saturated rings. The van der Waals surface area contributed by atoms with Crippen molar-refractivity contribution in [3.63, 3.8) is 0 Å². The molecule has 0 atom stereocenters. The second-order valence-corrected chi connectivity index (χ2v) is 4.94. The van der Waals surface area contributed by atoms with Crippen molar-refractivity contribution in [3.8, 4) is 0 Å². The first-order valence-corrected chi connectivity index (χ1v) is 7.98. The van der Waals surface area contributed by atoms with Gasteiger partial charge < -0.3 is 24.6 Å². The summed E-state index contributed by atoms with van der Waals surface area (Å²) in [6.07, 6.45) is 4.35. The van der Waals surface area contributed by atoms with Gasteiger partial charge in [0.2, 0.25) is 5.91 Å². The summed E-state index contributed by atoms with van der Waals surface area (Å²) in [6.45, 7) is 1.73. The average Bonchev–Trinajstić information content (AvgIpc) is 2.48. The van der Waals surface area contributed by atoms with E-state index in [0.29, 0.717) is 26.4 Å². The van der Waals surface area contributed by atoms with Crippen LogP contribution in [0.3, 0.4) is 0 Å². The second-order valence-electron chi connectivity index (χ2n) is 4.56. The maximum absolute atomic E-state index is 11.2. The van der Waals surface area contributed by atoms with Crippen LogP contribution in [0.25, 0.3) is 0 Å². The quantitative estimate of drug-likeness (QED) is 0.322. The largest absolute Gasteiger partial charge is 0.480 e. The Kier molecular flexibility index (Phi) is 15.8. The smallest absolute Gasteiger partial charge is 0.329 e. The molecule has 22 heavy (non-hydrogen) atoms. The Morgan fingerprint density at radius 2 is 1.55 bits per heavy atom. The summed E-state index contributed by atoms with van der Waals surface area (Å²) >= 11 is 5.58. The Bertz CT molecular complexity index is 291. The number of alkyl halides is 1. The van der Waals surface area contributed by atoms with E-state index in [-0.39, 0.29) is 12.5 Å². The molecule has 0 saturated carbocycles. The van der Waals surface area contributed by atoms with Gasteiger partial charge in [0, 0.05) is 19.0 Å². The summed E-state index contributed by atoms with van der Waals surface area (Å²) in [6, 6.07) is 0. The number of hydrogen-bond acceptors (Lipinski definition) is 5. The molecular formula is C14H26ClNO6. The zero-order valence-electron chi connectivity index (χ0n) is 12.9. The molecule has 0 aliphatic heterocycles. The highest BCUT2D eigenvalue weighted by Crippen LogP contribution is 2.00. The third-order valence-corrected chi connectivity index (χ3v) is 2.84. The number of hydrogen-bond donors (Lipinski definition) is 2. The monoisotopic (exact) mass is 339 g/mol. The molecule has 8 heteroatoms. The molecule has 0 unspecified atom stereocenters. The third-order valence-electron chi connectivity index (χ3n) is 2.57. The molecule has 0 aliphatic rings. The highest BCUT2D eigenvalue weighted by atomic mass is 35.5. The van der Waals surface area contributed by atoms with E-state index in [1.807, 2.05) is 0 Å². The molecule has 0 spiro atoms. The van der Waals surface area contributed by atoms with Crippen LogP contribution in [-0.2, 0) is 23.8 Å². The predicted molar refractivity (Wildman–Crippen MR) is 82.3 cm³/mol. The minimum absolute atomic E-state index is 0.265. The van der Waals surface area contributed by atoms with Crippen LogP contribution in [0.15, 0.2) is 0 Å². The van der Waals surface area contributed by atoms with Crippen LogP contribution >= 0.6 is 11.6 Å². The van der Waals surface area contributed by atoms with Crippen LogP contribution in [0.2, 0.25) is 0 Å². The normalized spacial score (nSPS) is 10.6. The number of halogens is 1. The third kappa shape index (κ3) is 17.2. The Labute approximate surface area is 136 Å². The Hall–Kier alpha value is -0.890. The standard InChI is InChI=1S/C14H26ClNO6/c15-5-3-1-2-4-7-20-9-10-21-8-6-16-13(17)11-22-12-14(18)19/h1-12H2,(H,16,17)(H,18,19). The number of carboxylic acids is 1. The lowest BCUT2D eigenvalue weighted by Gasteiger charge is -2.07. The van der Waals surface area contributed by atoms with Gasteiger partial charge in [-0.25, -0.2) is 4.79 Å². The van der Waals surface area contributed by atoms with Crippen molar-refractivity contribution < 1.29 is 28.9 Å². The van der Waals surface area contributed by atoms with Gasteiger partial charge in [-0.3, -0.25) is 4.79 Å². The zero-order chi connectivity index (χ0) is 16.5. The molecule has 0 bridgehead atoms. The number of nitrogens with one attached hydrogen (secondary N) is 1. The molecular weight excluding hydrogens is 314 g/mol. The van der Waals surface area contributed by atoms with Crippen LogP contribution in [0.4, 0.5) is 0 Å². The van der Waals surface area contributed by atoms with Crippen LogP contribution in [0.5, 0.6) is 0 Å². The molecule has 0 aromatic carbocycles. The molecule has 1 amide bonds. The van der Waals surface area contributed by atoms with Gasteiger partial charge in [0.25, 0.3) is 0 Å². The summed E-state index contributed by atoms with van der Waals surface area (Å²) in [7, 11) is 0. The van der Waals surface area contributed by atoms with Gasteiger partial charge in [-0.1, -0.05) is 12.8 Å². The molecule has 0 aliphatic carbocycles. The number of ether oxygens (including phenoxy) is 3. The summed E-state index contributed by atoms with van der Waals surface area (Å²) in [5, 5.41) is 10.9. The Morgan fingerprint density at radius 1 is 0.864 bits per heavy atom.